The van der Waals surface area contributed by atoms with E-state index in [0.717, 1.165) is 0 Å². The first-order valence-corrected chi connectivity index (χ1v) is 9.60. The summed E-state index contributed by atoms with van der Waals surface area (Å²) in [7, 11) is 8.00. The van der Waals surface area contributed by atoms with Gasteiger partial charge in [-0.05, 0) is 34.6 Å². The fourth-order valence-corrected chi connectivity index (χ4v) is 2.18. The fraction of sp³-hybridized carbons (Fsp3) is 0.727. The Morgan fingerprint density at radius 1 is 0.852 bits per heavy atom. The summed E-state index contributed by atoms with van der Waals surface area (Å²) in [6.07, 6.45) is 13.6. The second kappa shape index (κ2) is 26.7. The first-order chi connectivity index (χ1) is 11.4. The number of hydrogen-bond acceptors (Lipinski definition) is 2. The van der Waals surface area contributed by atoms with Crippen LogP contribution in [-0.4, -0.2) is 38.0 Å². The van der Waals surface area contributed by atoms with Gasteiger partial charge in [-0.25, -0.2) is 11.6 Å². The molecule has 5 heteroatoms. The quantitative estimate of drug-likeness (QED) is 0.287. The van der Waals surface area contributed by atoms with E-state index in [1.807, 2.05) is 64.9 Å². The van der Waals surface area contributed by atoms with Crippen molar-refractivity contribution in [1.82, 2.24) is 9.80 Å². The molecule has 0 N–H and O–H groups in total. The van der Waals surface area contributed by atoms with Crippen molar-refractivity contribution in [1.29, 1.82) is 0 Å². The summed E-state index contributed by atoms with van der Waals surface area (Å²) in [6, 6.07) is 0. The molecule has 0 saturated heterocycles. The second-order valence-electron chi connectivity index (χ2n) is 6.67. The van der Waals surface area contributed by atoms with Crippen molar-refractivity contribution < 1.29 is 21.7 Å². The molecular formula is C22H45Cl2N2Ti. The zero-order valence-corrected chi connectivity index (χ0v) is 22.5. The SMILES string of the molecule is CCCC1=[C-]C(CCC)C(CCC)=C1.C[CH-]N(C)C.C[CH-]N(C)C.Cl.Cl.[Ti+3]. The Bertz CT molecular complexity index is 335. The smallest absolute Gasteiger partial charge is 0.462 e. The Hall–Kier alpha value is 0.694. The van der Waals surface area contributed by atoms with Gasteiger partial charge in [-0.3, -0.25) is 19.2 Å². The van der Waals surface area contributed by atoms with E-state index in [4.69, 9.17) is 0 Å². The van der Waals surface area contributed by atoms with Crippen LogP contribution in [0.3, 0.4) is 0 Å². The van der Waals surface area contributed by atoms with E-state index in [1.165, 1.54) is 44.1 Å². The standard InChI is InChI=1S/C14H23.2C4H10N.2ClH.Ti/c1-4-7-12-10-13(8-5-2)14(11-12)9-6-3;2*1-4-5(2)3;;;/h10,14H,4-9H2,1-3H3;2*4H,1-3H3;2*1H;/q3*-1;;;+3. The summed E-state index contributed by atoms with van der Waals surface area (Å²) in [5.41, 5.74) is 3.10. The Balaban J connectivity index is -0.000000106. The van der Waals surface area contributed by atoms with Gasteiger partial charge in [0, 0.05) is 0 Å². The molecule has 27 heavy (non-hydrogen) atoms. The zero-order chi connectivity index (χ0) is 19.0. The van der Waals surface area contributed by atoms with E-state index in [1.54, 1.807) is 5.57 Å². The second-order valence-corrected chi connectivity index (χ2v) is 6.67. The van der Waals surface area contributed by atoms with Gasteiger partial charge < -0.3 is 9.80 Å². The molecule has 1 aliphatic carbocycles. The van der Waals surface area contributed by atoms with Crippen molar-refractivity contribution in [3.8, 4) is 0 Å². The maximum absolute atomic E-state index is 3.65. The van der Waals surface area contributed by atoms with Crippen LogP contribution in [0.1, 0.15) is 73.1 Å². The Kier molecular flexibility index (Phi) is 37.9. The molecular weight excluding hydrogens is 411 g/mol. The third-order valence-electron chi connectivity index (χ3n) is 3.83. The van der Waals surface area contributed by atoms with Crippen LogP contribution in [-0.2, 0) is 21.7 Å². The maximum Gasteiger partial charge on any atom is 3.00 e. The van der Waals surface area contributed by atoms with Gasteiger partial charge in [0.15, 0.2) is 0 Å². The molecule has 0 aromatic carbocycles. The molecule has 1 unspecified atom stereocenters. The first kappa shape index (κ1) is 38.3. The van der Waals surface area contributed by atoms with E-state index in [0.29, 0.717) is 5.92 Å². The van der Waals surface area contributed by atoms with Crippen molar-refractivity contribution >= 4 is 24.8 Å². The molecule has 0 heterocycles. The number of hydrogen-bond donors (Lipinski definition) is 0. The monoisotopic (exact) mass is 455 g/mol. The van der Waals surface area contributed by atoms with Crippen LogP contribution in [0.2, 0.25) is 0 Å². The molecule has 0 aromatic rings. The van der Waals surface area contributed by atoms with Crippen molar-refractivity contribution in [2.24, 2.45) is 5.92 Å². The van der Waals surface area contributed by atoms with E-state index >= 15 is 0 Å². The molecule has 0 fully saturated rings. The summed E-state index contributed by atoms with van der Waals surface area (Å²) < 4.78 is 0. The van der Waals surface area contributed by atoms with Crippen molar-refractivity contribution in [2.75, 3.05) is 28.2 Å². The summed E-state index contributed by atoms with van der Waals surface area (Å²) in [5, 5.41) is 0. The topological polar surface area (TPSA) is 6.48 Å². The summed E-state index contributed by atoms with van der Waals surface area (Å²) in [6.45, 7) is 14.8. The molecule has 0 bridgehead atoms. The van der Waals surface area contributed by atoms with Crippen molar-refractivity contribution in [2.45, 2.75) is 73.1 Å². The minimum Gasteiger partial charge on any atom is -0.462 e. The molecule has 0 saturated carbocycles. The van der Waals surface area contributed by atoms with Gasteiger partial charge >= 0.3 is 21.7 Å². The molecule has 0 amide bonds. The largest absolute Gasteiger partial charge is 3.00 e. The van der Waals surface area contributed by atoms with Crippen LogP contribution < -0.4 is 0 Å². The van der Waals surface area contributed by atoms with Gasteiger partial charge in [0.05, 0.1) is 0 Å². The predicted molar refractivity (Wildman–Crippen MR) is 125 cm³/mol. The van der Waals surface area contributed by atoms with Crippen LogP contribution in [0, 0.1) is 25.1 Å². The third kappa shape index (κ3) is 24.7. The number of halogens is 2. The van der Waals surface area contributed by atoms with Crippen LogP contribution >= 0.6 is 24.8 Å². The van der Waals surface area contributed by atoms with Gasteiger partial charge in [-0.1, -0.05) is 58.8 Å². The van der Waals surface area contributed by atoms with Gasteiger partial charge in [-0.15, -0.1) is 24.8 Å². The molecule has 1 radical (unpaired) electrons. The van der Waals surface area contributed by atoms with Crippen LogP contribution in [0.25, 0.3) is 0 Å². The molecule has 1 aliphatic rings. The predicted octanol–water partition coefficient (Wildman–Crippen LogP) is 6.97. The minimum atomic E-state index is 0. The normalized spacial score (nSPS) is 14.4. The first-order valence-electron chi connectivity index (χ1n) is 9.60. The van der Waals surface area contributed by atoms with Gasteiger partial charge in [-0.2, -0.15) is 19.4 Å². The summed E-state index contributed by atoms with van der Waals surface area (Å²) in [4.78, 5) is 4.00. The molecule has 0 aromatic heterocycles. The van der Waals surface area contributed by atoms with E-state index in [2.05, 4.69) is 32.9 Å². The zero-order valence-electron chi connectivity index (χ0n) is 19.3. The molecule has 1 atom stereocenters. The average Bonchev–Trinajstić information content (AvgIpc) is 2.91. The summed E-state index contributed by atoms with van der Waals surface area (Å²) >= 11 is 0. The van der Waals surface area contributed by atoms with Gasteiger partial charge in [0.2, 0.25) is 0 Å². The Labute approximate surface area is 199 Å². The molecule has 0 spiro atoms. The maximum atomic E-state index is 3.65. The van der Waals surface area contributed by atoms with Crippen LogP contribution in [0.15, 0.2) is 17.2 Å². The van der Waals surface area contributed by atoms with Gasteiger partial charge in [0.1, 0.15) is 0 Å². The van der Waals surface area contributed by atoms with Crippen molar-refractivity contribution in [3.63, 3.8) is 0 Å². The average molecular weight is 456 g/mol. The Morgan fingerprint density at radius 2 is 1.26 bits per heavy atom. The molecule has 0 aliphatic heterocycles. The van der Waals surface area contributed by atoms with Gasteiger partial charge in [0.25, 0.3) is 0 Å². The Morgan fingerprint density at radius 3 is 1.56 bits per heavy atom. The van der Waals surface area contributed by atoms with Crippen LogP contribution in [0.5, 0.6) is 0 Å². The number of nitrogens with zero attached hydrogens (tertiary/aromatic N) is 2. The third-order valence-corrected chi connectivity index (χ3v) is 3.83. The molecule has 2 nitrogen and oxygen atoms in total. The van der Waals surface area contributed by atoms with E-state index in [-0.39, 0.29) is 46.5 Å². The van der Waals surface area contributed by atoms with E-state index < -0.39 is 0 Å². The molecule has 161 valence electrons. The van der Waals surface area contributed by atoms with Crippen molar-refractivity contribution in [3.05, 3.63) is 36.4 Å². The fourth-order valence-electron chi connectivity index (χ4n) is 2.18. The number of rotatable bonds is 8. The summed E-state index contributed by atoms with van der Waals surface area (Å²) in [5.74, 6) is 0.654. The minimum absolute atomic E-state index is 0. The number of allylic oxidation sites excluding steroid dienone is 4. The van der Waals surface area contributed by atoms with E-state index in [9.17, 15) is 0 Å². The molecule has 1 rings (SSSR count). The van der Waals surface area contributed by atoms with Crippen LogP contribution in [0.4, 0.5) is 0 Å².